The maximum atomic E-state index is 6.12. The highest BCUT2D eigenvalue weighted by molar-refractivity contribution is 6.17. The summed E-state index contributed by atoms with van der Waals surface area (Å²) in [6, 6.07) is 2.28. The Bertz CT molecular complexity index is 427. The fraction of sp³-hybridized carbons (Fsp3) is 0.667. The molecule has 0 aliphatic carbocycles. The van der Waals surface area contributed by atoms with Crippen molar-refractivity contribution >= 4 is 17.4 Å². The highest BCUT2D eigenvalue weighted by atomic mass is 35.5. The number of aromatic nitrogens is 1. The fourth-order valence-electron chi connectivity index (χ4n) is 2.30. The first-order chi connectivity index (χ1) is 9.54. The summed E-state index contributed by atoms with van der Waals surface area (Å²) >= 11 is 6.12. The molecule has 1 atom stereocenters. The lowest BCUT2D eigenvalue weighted by Gasteiger charge is -2.32. The second kappa shape index (κ2) is 8.45. The van der Waals surface area contributed by atoms with Crippen LogP contribution in [0, 0.1) is 13.8 Å². The first-order valence-corrected chi connectivity index (χ1v) is 7.36. The van der Waals surface area contributed by atoms with Gasteiger partial charge in [-0.25, -0.2) is 4.98 Å². The molecule has 0 aliphatic heterocycles. The fourth-order valence-corrected chi connectivity index (χ4v) is 2.63. The van der Waals surface area contributed by atoms with E-state index in [0.29, 0.717) is 19.1 Å². The molecule has 0 saturated heterocycles. The van der Waals surface area contributed by atoms with Crippen LogP contribution in [-0.2, 0) is 15.4 Å². The Labute approximate surface area is 127 Å². The minimum atomic E-state index is 0.214. The summed E-state index contributed by atoms with van der Waals surface area (Å²) in [5.41, 5.74) is 3.25. The maximum absolute atomic E-state index is 6.12. The van der Waals surface area contributed by atoms with E-state index >= 15 is 0 Å². The molecule has 0 N–H and O–H groups in total. The molecule has 1 aromatic rings. The number of pyridine rings is 1. The molecule has 0 saturated carbocycles. The second-order valence-electron chi connectivity index (χ2n) is 5.01. The molecule has 1 aromatic heterocycles. The van der Waals surface area contributed by atoms with Gasteiger partial charge in [0.1, 0.15) is 5.82 Å². The number of hydrogen-bond donors (Lipinski definition) is 0. The van der Waals surface area contributed by atoms with Crippen LogP contribution in [-0.4, -0.2) is 45.0 Å². The molecule has 0 amide bonds. The standard InChI is InChI=1S/C15H25ClN2O2/c1-11-8-12(2)17-15(14(11)9-16)18(6-7-19-4)13(3)10-20-5/h8,13H,6-7,9-10H2,1-5H3. The largest absolute Gasteiger partial charge is 0.383 e. The minimum Gasteiger partial charge on any atom is -0.383 e. The highest BCUT2D eigenvalue weighted by Gasteiger charge is 2.20. The zero-order chi connectivity index (χ0) is 15.1. The molecule has 0 spiro atoms. The molecular weight excluding hydrogens is 276 g/mol. The zero-order valence-corrected chi connectivity index (χ0v) is 13.8. The third kappa shape index (κ3) is 4.33. The van der Waals surface area contributed by atoms with E-state index in [1.165, 1.54) is 5.56 Å². The van der Waals surface area contributed by atoms with Crippen LogP contribution in [0.25, 0.3) is 0 Å². The van der Waals surface area contributed by atoms with Crippen LogP contribution in [0.5, 0.6) is 0 Å². The Kier molecular flexibility index (Phi) is 7.27. The molecule has 5 heteroatoms. The molecule has 0 fully saturated rings. The Morgan fingerprint density at radius 1 is 1.30 bits per heavy atom. The summed E-state index contributed by atoms with van der Waals surface area (Å²) in [6.45, 7) is 8.25. The number of nitrogens with zero attached hydrogens (tertiary/aromatic N) is 2. The van der Waals surface area contributed by atoms with Gasteiger partial charge in [0.25, 0.3) is 0 Å². The molecule has 1 unspecified atom stereocenters. The van der Waals surface area contributed by atoms with Crippen LogP contribution in [0.1, 0.15) is 23.7 Å². The average Bonchev–Trinajstić information content (AvgIpc) is 2.39. The van der Waals surface area contributed by atoms with Crippen molar-refractivity contribution in [3.8, 4) is 0 Å². The van der Waals surface area contributed by atoms with E-state index in [4.69, 9.17) is 26.1 Å². The van der Waals surface area contributed by atoms with Gasteiger partial charge in [-0.05, 0) is 32.4 Å². The number of hydrogen-bond acceptors (Lipinski definition) is 4. The van der Waals surface area contributed by atoms with E-state index in [0.717, 1.165) is 23.6 Å². The van der Waals surface area contributed by atoms with E-state index in [1.54, 1.807) is 14.2 Å². The summed E-state index contributed by atoms with van der Waals surface area (Å²) in [5.74, 6) is 1.40. The van der Waals surface area contributed by atoms with Gasteiger partial charge in [-0.2, -0.15) is 0 Å². The Morgan fingerprint density at radius 2 is 2.00 bits per heavy atom. The van der Waals surface area contributed by atoms with Crippen molar-refractivity contribution in [1.29, 1.82) is 0 Å². The lowest BCUT2D eigenvalue weighted by Crippen LogP contribution is -2.40. The SMILES string of the molecule is COCCN(c1nc(C)cc(C)c1CCl)C(C)COC. The molecule has 0 radical (unpaired) electrons. The van der Waals surface area contributed by atoms with Crippen molar-refractivity contribution in [3.05, 3.63) is 22.9 Å². The number of aryl methyl sites for hydroxylation is 2. The van der Waals surface area contributed by atoms with E-state index in [1.807, 2.05) is 6.92 Å². The van der Waals surface area contributed by atoms with Crippen LogP contribution in [0.15, 0.2) is 6.07 Å². The van der Waals surface area contributed by atoms with Gasteiger partial charge >= 0.3 is 0 Å². The number of rotatable bonds is 8. The second-order valence-corrected chi connectivity index (χ2v) is 5.27. The summed E-state index contributed by atoms with van der Waals surface area (Å²) in [5, 5.41) is 0. The van der Waals surface area contributed by atoms with Crippen molar-refractivity contribution in [1.82, 2.24) is 4.98 Å². The Morgan fingerprint density at radius 3 is 2.55 bits per heavy atom. The molecule has 0 bridgehead atoms. The number of methoxy groups -OCH3 is 2. The van der Waals surface area contributed by atoms with Crippen LogP contribution >= 0.6 is 11.6 Å². The maximum Gasteiger partial charge on any atom is 0.133 e. The molecule has 0 aliphatic rings. The van der Waals surface area contributed by atoms with Crippen molar-refractivity contribution in [2.45, 2.75) is 32.7 Å². The number of halogens is 1. The van der Waals surface area contributed by atoms with Gasteiger partial charge in [0, 0.05) is 32.0 Å². The molecular formula is C15H25ClN2O2. The summed E-state index contributed by atoms with van der Waals surface area (Å²) in [6.07, 6.45) is 0. The average molecular weight is 301 g/mol. The quantitative estimate of drug-likeness (QED) is 0.691. The van der Waals surface area contributed by atoms with Crippen molar-refractivity contribution in [3.63, 3.8) is 0 Å². The zero-order valence-electron chi connectivity index (χ0n) is 13.1. The summed E-state index contributed by atoms with van der Waals surface area (Å²) in [7, 11) is 3.42. The predicted molar refractivity (Wildman–Crippen MR) is 83.8 cm³/mol. The summed E-state index contributed by atoms with van der Waals surface area (Å²) in [4.78, 5) is 6.90. The minimum absolute atomic E-state index is 0.214. The first-order valence-electron chi connectivity index (χ1n) is 6.82. The lowest BCUT2D eigenvalue weighted by atomic mass is 10.1. The van der Waals surface area contributed by atoms with E-state index in [9.17, 15) is 0 Å². The predicted octanol–water partition coefficient (Wildman–Crippen LogP) is 2.92. The summed E-state index contributed by atoms with van der Waals surface area (Å²) < 4.78 is 10.5. The van der Waals surface area contributed by atoms with Gasteiger partial charge < -0.3 is 14.4 Å². The van der Waals surface area contributed by atoms with Gasteiger partial charge in [-0.3, -0.25) is 0 Å². The van der Waals surface area contributed by atoms with Crippen LogP contribution in [0.2, 0.25) is 0 Å². The van der Waals surface area contributed by atoms with E-state index in [-0.39, 0.29) is 6.04 Å². The molecule has 114 valence electrons. The van der Waals surface area contributed by atoms with Crippen molar-refractivity contribution < 1.29 is 9.47 Å². The normalized spacial score (nSPS) is 12.5. The van der Waals surface area contributed by atoms with Crippen LogP contribution in [0.3, 0.4) is 0 Å². The Hall–Kier alpha value is -0.840. The molecule has 0 aromatic carbocycles. The molecule has 1 heterocycles. The molecule has 1 rings (SSSR count). The monoisotopic (exact) mass is 300 g/mol. The van der Waals surface area contributed by atoms with Gasteiger partial charge in [0.15, 0.2) is 0 Å². The van der Waals surface area contributed by atoms with Crippen molar-refractivity contribution in [2.75, 3.05) is 38.9 Å². The van der Waals surface area contributed by atoms with Gasteiger partial charge in [-0.1, -0.05) is 0 Å². The number of anilines is 1. The Balaban J connectivity index is 3.17. The smallest absolute Gasteiger partial charge is 0.133 e. The van der Waals surface area contributed by atoms with Crippen LogP contribution in [0.4, 0.5) is 5.82 Å². The van der Waals surface area contributed by atoms with E-state index in [2.05, 4.69) is 24.8 Å². The highest BCUT2D eigenvalue weighted by Crippen LogP contribution is 2.26. The number of alkyl halides is 1. The lowest BCUT2D eigenvalue weighted by molar-refractivity contribution is 0.170. The van der Waals surface area contributed by atoms with Crippen molar-refractivity contribution in [2.24, 2.45) is 0 Å². The molecule has 20 heavy (non-hydrogen) atoms. The third-order valence-electron chi connectivity index (χ3n) is 3.34. The topological polar surface area (TPSA) is 34.6 Å². The van der Waals surface area contributed by atoms with Crippen LogP contribution < -0.4 is 4.90 Å². The van der Waals surface area contributed by atoms with E-state index < -0.39 is 0 Å². The van der Waals surface area contributed by atoms with Gasteiger partial charge in [-0.15, -0.1) is 11.6 Å². The molecule has 4 nitrogen and oxygen atoms in total. The van der Waals surface area contributed by atoms with Gasteiger partial charge in [0.2, 0.25) is 0 Å². The van der Waals surface area contributed by atoms with Gasteiger partial charge in [0.05, 0.1) is 25.1 Å². The first kappa shape index (κ1) is 17.2. The third-order valence-corrected chi connectivity index (χ3v) is 3.60. The number of ether oxygens (including phenoxy) is 2.